The Labute approximate surface area is 185 Å². The molecule has 2 fully saturated rings. The molecule has 2 aliphatic rings. The summed E-state index contributed by atoms with van der Waals surface area (Å²) < 4.78 is 5.81. The predicted molar refractivity (Wildman–Crippen MR) is 126 cm³/mol. The first kappa shape index (κ1) is 23.0. The first-order valence-electron chi connectivity index (χ1n) is 12.6. The second kappa shape index (κ2) is 12.2. The van der Waals surface area contributed by atoms with Crippen LogP contribution in [-0.4, -0.2) is 12.0 Å². The molecule has 1 atom stereocenters. The van der Waals surface area contributed by atoms with Gasteiger partial charge in [-0.2, -0.15) is 0 Å². The molecular formula is C27H43ClO. The summed E-state index contributed by atoms with van der Waals surface area (Å²) >= 11 is 6.93. The summed E-state index contributed by atoms with van der Waals surface area (Å²) in [5.74, 6) is 4.37. The summed E-state index contributed by atoms with van der Waals surface area (Å²) in [6, 6.07) is 8.93. The number of hydrogen-bond donors (Lipinski definition) is 0. The van der Waals surface area contributed by atoms with E-state index in [2.05, 4.69) is 38.1 Å². The lowest BCUT2D eigenvalue weighted by atomic mass is 9.73. The van der Waals surface area contributed by atoms with E-state index in [1.54, 1.807) is 0 Å². The molecule has 3 rings (SSSR count). The van der Waals surface area contributed by atoms with Gasteiger partial charge in [-0.1, -0.05) is 58.1 Å². The molecule has 0 aliphatic heterocycles. The molecular weight excluding hydrogens is 376 g/mol. The number of benzene rings is 1. The van der Waals surface area contributed by atoms with Crippen molar-refractivity contribution in [2.24, 2.45) is 17.8 Å². The largest absolute Gasteiger partial charge is 0.494 e. The van der Waals surface area contributed by atoms with Gasteiger partial charge in [0, 0.05) is 5.38 Å². The molecule has 0 amide bonds. The highest BCUT2D eigenvalue weighted by atomic mass is 35.5. The van der Waals surface area contributed by atoms with Crippen LogP contribution in [0.5, 0.6) is 5.75 Å². The minimum atomic E-state index is 0.415. The molecule has 0 heterocycles. The van der Waals surface area contributed by atoms with E-state index in [0.29, 0.717) is 5.38 Å². The van der Waals surface area contributed by atoms with Gasteiger partial charge in [-0.05, 0) is 92.7 Å². The van der Waals surface area contributed by atoms with Crippen molar-refractivity contribution < 1.29 is 4.74 Å². The molecule has 0 aromatic heterocycles. The first-order valence-corrected chi connectivity index (χ1v) is 13.0. The number of hydrogen-bond acceptors (Lipinski definition) is 1. The molecule has 1 nitrogen and oxygen atoms in total. The Morgan fingerprint density at radius 3 is 2.14 bits per heavy atom. The van der Waals surface area contributed by atoms with Crippen molar-refractivity contribution in [3.05, 3.63) is 29.8 Å². The van der Waals surface area contributed by atoms with E-state index in [0.717, 1.165) is 42.4 Å². The molecule has 0 bridgehead atoms. The molecule has 2 heteroatoms. The third-order valence-electron chi connectivity index (χ3n) is 7.62. The highest BCUT2D eigenvalue weighted by molar-refractivity contribution is 6.20. The van der Waals surface area contributed by atoms with Gasteiger partial charge in [0.25, 0.3) is 0 Å². The Morgan fingerprint density at radius 2 is 1.52 bits per heavy atom. The Morgan fingerprint density at radius 1 is 0.862 bits per heavy atom. The van der Waals surface area contributed by atoms with Crippen molar-refractivity contribution in [3.8, 4) is 5.75 Å². The summed E-state index contributed by atoms with van der Waals surface area (Å²) in [5.41, 5.74) is 1.50. The fourth-order valence-corrected chi connectivity index (χ4v) is 6.16. The zero-order valence-corrected chi connectivity index (χ0v) is 19.6. The van der Waals surface area contributed by atoms with Crippen LogP contribution in [0.25, 0.3) is 0 Å². The smallest absolute Gasteiger partial charge is 0.119 e. The van der Waals surface area contributed by atoms with Gasteiger partial charge in [-0.3, -0.25) is 0 Å². The van der Waals surface area contributed by atoms with E-state index in [1.165, 1.54) is 82.6 Å². The van der Waals surface area contributed by atoms with Crippen molar-refractivity contribution in [2.75, 3.05) is 6.61 Å². The zero-order chi connectivity index (χ0) is 20.5. The molecule has 0 spiro atoms. The Bertz CT molecular complexity index is 552. The molecule has 0 N–H and O–H groups in total. The Hall–Kier alpha value is -0.690. The lowest BCUT2D eigenvalue weighted by Gasteiger charge is -2.35. The highest BCUT2D eigenvalue weighted by Gasteiger charge is 2.30. The maximum absolute atomic E-state index is 6.93. The van der Waals surface area contributed by atoms with Crippen LogP contribution in [-0.2, 0) is 0 Å². The summed E-state index contributed by atoms with van der Waals surface area (Å²) in [7, 11) is 0. The van der Waals surface area contributed by atoms with E-state index in [1.807, 2.05) is 0 Å². The predicted octanol–water partition coefficient (Wildman–Crippen LogP) is 8.74. The van der Waals surface area contributed by atoms with Gasteiger partial charge in [-0.25, -0.2) is 0 Å². The van der Waals surface area contributed by atoms with E-state index < -0.39 is 0 Å². The van der Waals surface area contributed by atoms with Crippen molar-refractivity contribution in [1.29, 1.82) is 0 Å². The molecule has 29 heavy (non-hydrogen) atoms. The van der Waals surface area contributed by atoms with Crippen LogP contribution in [0.1, 0.15) is 109 Å². The van der Waals surface area contributed by atoms with E-state index >= 15 is 0 Å². The van der Waals surface area contributed by atoms with Crippen molar-refractivity contribution >= 4 is 11.6 Å². The van der Waals surface area contributed by atoms with Gasteiger partial charge in [0.15, 0.2) is 0 Å². The number of ether oxygens (including phenoxy) is 1. The minimum absolute atomic E-state index is 0.415. The van der Waals surface area contributed by atoms with Crippen LogP contribution in [0.3, 0.4) is 0 Å². The average Bonchev–Trinajstić information content (AvgIpc) is 2.76. The third kappa shape index (κ3) is 7.20. The number of unbranched alkanes of at least 4 members (excludes halogenated alkanes) is 1. The van der Waals surface area contributed by atoms with Gasteiger partial charge in [0.05, 0.1) is 6.61 Å². The van der Waals surface area contributed by atoms with Crippen molar-refractivity contribution in [3.63, 3.8) is 0 Å². The standard InChI is InChI=1S/C27H43ClO/c1-3-5-19-29-26-17-15-24(16-18-26)23-11-9-22(10-12-23)20-27(28)25-13-7-21(6-4-2)8-14-25/h15-18,21-23,25,27H,3-14,19-20H2,1-2H3/t21-,22-,23-,25-,27?. The summed E-state index contributed by atoms with van der Waals surface area (Å²) in [6.07, 6.45) is 17.3. The van der Waals surface area contributed by atoms with Crippen molar-refractivity contribution in [1.82, 2.24) is 0 Å². The normalized spacial score (nSPS) is 28.8. The number of halogens is 1. The molecule has 164 valence electrons. The molecule has 1 unspecified atom stereocenters. The van der Waals surface area contributed by atoms with Crippen LogP contribution in [0.4, 0.5) is 0 Å². The van der Waals surface area contributed by atoms with E-state index in [9.17, 15) is 0 Å². The first-order chi connectivity index (χ1) is 14.2. The minimum Gasteiger partial charge on any atom is -0.494 e. The van der Waals surface area contributed by atoms with Crippen LogP contribution >= 0.6 is 11.6 Å². The maximum Gasteiger partial charge on any atom is 0.119 e. The van der Waals surface area contributed by atoms with Crippen LogP contribution in [0, 0.1) is 17.8 Å². The number of alkyl halides is 1. The van der Waals surface area contributed by atoms with Crippen molar-refractivity contribution in [2.45, 2.75) is 109 Å². The lowest BCUT2D eigenvalue weighted by molar-refractivity contribution is 0.228. The molecule has 0 saturated heterocycles. The Kier molecular flexibility index (Phi) is 9.70. The fraction of sp³-hybridized carbons (Fsp3) is 0.778. The van der Waals surface area contributed by atoms with Gasteiger partial charge in [-0.15, -0.1) is 11.6 Å². The highest BCUT2D eigenvalue weighted by Crippen LogP contribution is 2.42. The van der Waals surface area contributed by atoms with Crippen LogP contribution in [0.15, 0.2) is 24.3 Å². The van der Waals surface area contributed by atoms with Crippen LogP contribution < -0.4 is 4.74 Å². The summed E-state index contributed by atoms with van der Waals surface area (Å²) in [5, 5.41) is 0.415. The fourth-order valence-electron chi connectivity index (χ4n) is 5.66. The lowest BCUT2D eigenvalue weighted by Crippen LogP contribution is -2.25. The van der Waals surface area contributed by atoms with Gasteiger partial charge < -0.3 is 4.74 Å². The Balaban J connectivity index is 1.38. The second-order valence-electron chi connectivity index (χ2n) is 9.81. The quantitative estimate of drug-likeness (QED) is 0.272. The second-order valence-corrected chi connectivity index (χ2v) is 10.4. The van der Waals surface area contributed by atoms with E-state index in [-0.39, 0.29) is 0 Å². The zero-order valence-electron chi connectivity index (χ0n) is 18.9. The SMILES string of the molecule is CCCCOc1ccc([C@H]2CC[C@H](CC(Cl)[C@H]3CC[C@H](CCC)CC3)CC2)cc1. The molecule has 1 aromatic rings. The maximum atomic E-state index is 6.93. The topological polar surface area (TPSA) is 9.23 Å². The third-order valence-corrected chi connectivity index (χ3v) is 8.16. The molecule has 2 saturated carbocycles. The molecule has 0 radical (unpaired) electrons. The van der Waals surface area contributed by atoms with E-state index in [4.69, 9.17) is 16.3 Å². The van der Waals surface area contributed by atoms with Gasteiger partial charge in [0.2, 0.25) is 0 Å². The summed E-state index contributed by atoms with van der Waals surface area (Å²) in [4.78, 5) is 0. The van der Waals surface area contributed by atoms with Gasteiger partial charge >= 0.3 is 0 Å². The molecule has 2 aliphatic carbocycles. The average molecular weight is 419 g/mol. The molecule has 1 aromatic carbocycles. The monoisotopic (exact) mass is 418 g/mol. The van der Waals surface area contributed by atoms with Gasteiger partial charge in [0.1, 0.15) is 5.75 Å². The van der Waals surface area contributed by atoms with Crippen LogP contribution in [0.2, 0.25) is 0 Å². The summed E-state index contributed by atoms with van der Waals surface area (Å²) in [6.45, 7) is 5.36. The number of rotatable bonds is 10.